The second-order valence-corrected chi connectivity index (χ2v) is 5.04. The van der Waals surface area contributed by atoms with Crippen molar-refractivity contribution in [3.05, 3.63) is 47.5 Å². The van der Waals surface area contributed by atoms with Gasteiger partial charge in [0, 0.05) is 24.8 Å². The molecule has 0 spiro atoms. The Kier molecular flexibility index (Phi) is 3.73. The van der Waals surface area contributed by atoms with Crippen LogP contribution in [0.5, 0.6) is 0 Å². The van der Waals surface area contributed by atoms with Crippen molar-refractivity contribution in [1.82, 2.24) is 4.98 Å². The minimum Gasteiger partial charge on any atom is -0.368 e. The molecule has 0 amide bonds. The van der Waals surface area contributed by atoms with E-state index in [9.17, 15) is 8.78 Å². The number of anilines is 3. The summed E-state index contributed by atoms with van der Waals surface area (Å²) < 4.78 is 27.9. The van der Waals surface area contributed by atoms with Crippen LogP contribution in [0.2, 0.25) is 0 Å². The fourth-order valence-electron chi connectivity index (χ4n) is 2.69. The van der Waals surface area contributed by atoms with E-state index in [4.69, 9.17) is 0 Å². The molecule has 1 aromatic carbocycles. The van der Waals surface area contributed by atoms with Crippen LogP contribution >= 0.6 is 0 Å². The number of aryl methyl sites for hydroxylation is 1. The third kappa shape index (κ3) is 2.55. The summed E-state index contributed by atoms with van der Waals surface area (Å²) in [5.74, 6) is -1.02. The first-order valence-corrected chi connectivity index (χ1v) is 7.16. The number of benzene rings is 1. The van der Waals surface area contributed by atoms with Gasteiger partial charge in [-0.25, -0.2) is 13.8 Å². The molecule has 21 heavy (non-hydrogen) atoms. The van der Waals surface area contributed by atoms with Gasteiger partial charge in [0.2, 0.25) is 0 Å². The summed E-state index contributed by atoms with van der Waals surface area (Å²) in [6, 6.07) is 8.78. The molecule has 1 aromatic heterocycles. The fourth-order valence-corrected chi connectivity index (χ4v) is 2.69. The van der Waals surface area contributed by atoms with Crippen molar-refractivity contribution >= 4 is 17.3 Å². The molecule has 3 rings (SSSR count). The average molecular weight is 289 g/mol. The summed E-state index contributed by atoms with van der Waals surface area (Å²) in [6.45, 7) is 3.06. The average Bonchev–Trinajstić information content (AvgIpc) is 2.50. The minimum absolute atomic E-state index is 0.0944. The predicted octanol–water partition coefficient (Wildman–Crippen LogP) is 3.88. The highest BCUT2D eigenvalue weighted by atomic mass is 19.1. The topological polar surface area (TPSA) is 28.2 Å². The SMILES string of the molecule is CCNc1nc(N2CCCc3ccccc32)c(F)cc1F. The van der Waals surface area contributed by atoms with E-state index in [1.807, 2.05) is 36.1 Å². The van der Waals surface area contributed by atoms with E-state index >= 15 is 0 Å². The van der Waals surface area contributed by atoms with Crippen LogP contribution in [-0.2, 0) is 6.42 Å². The fraction of sp³-hybridized carbons (Fsp3) is 0.312. The van der Waals surface area contributed by atoms with Gasteiger partial charge in [0.25, 0.3) is 0 Å². The molecule has 0 atom stereocenters. The molecule has 0 unspecified atom stereocenters. The van der Waals surface area contributed by atoms with Crippen molar-refractivity contribution in [3.8, 4) is 0 Å². The summed E-state index contributed by atoms with van der Waals surface area (Å²) in [5.41, 5.74) is 2.11. The van der Waals surface area contributed by atoms with Crippen LogP contribution in [-0.4, -0.2) is 18.1 Å². The van der Waals surface area contributed by atoms with Crippen LogP contribution in [0.3, 0.4) is 0 Å². The van der Waals surface area contributed by atoms with Crippen LogP contribution < -0.4 is 10.2 Å². The van der Waals surface area contributed by atoms with Crippen molar-refractivity contribution in [2.75, 3.05) is 23.3 Å². The van der Waals surface area contributed by atoms with Crippen LogP contribution in [0, 0.1) is 11.6 Å². The molecular weight excluding hydrogens is 272 g/mol. The number of pyridine rings is 1. The molecule has 0 radical (unpaired) electrons. The van der Waals surface area contributed by atoms with Crippen molar-refractivity contribution in [3.63, 3.8) is 0 Å². The third-order valence-electron chi connectivity index (χ3n) is 3.62. The quantitative estimate of drug-likeness (QED) is 0.929. The number of halogens is 2. The summed E-state index contributed by atoms with van der Waals surface area (Å²) in [7, 11) is 0. The van der Waals surface area contributed by atoms with Gasteiger partial charge in [0.05, 0.1) is 0 Å². The number of hydrogen-bond donors (Lipinski definition) is 1. The molecule has 0 bridgehead atoms. The molecule has 0 fully saturated rings. The van der Waals surface area contributed by atoms with Crippen molar-refractivity contribution in [1.29, 1.82) is 0 Å². The van der Waals surface area contributed by atoms with Crippen molar-refractivity contribution in [2.45, 2.75) is 19.8 Å². The van der Waals surface area contributed by atoms with Crippen LogP contribution in [0.15, 0.2) is 30.3 Å². The van der Waals surface area contributed by atoms with Gasteiger partial charge in [-0.3, -0.25) is 0 Å². The standard InChI is InChI=1S/C16H17F2N3/c1-2-19-15-12(17)10-13(18)16(20-15)21-9-5-7-11-6-3-4-8-14(11)21/h3-4,6,8,10H,2,5,7,9H2,1H3,(H,19,20). The van der Waals surface area contributed by atoms with E-state index in [2.05, 4.69) is 10.3 Å². The molecule has 1 aliphatic heterocycles. The maximum Gasteiger partial charge on any atom is 0.171 e. The Morgan fingerprint density at radius 1 is 1.24 bits per heavy atom. The molecule has 1 aliphatic rings. The van der Waals surface area contributed by atoms with Crippen LogP contribution in [0.1, 0.15) is 18.9 Å². The molecule has 5 heteroatoms. The zero-order chi connectivity index (χ0) is 14.8. The van der Waals surface area contributed by atoms with Crippen molar-refractivity contribution < 1.29 is 8.78 Å². The highest BCUT2D eigenvalue weighted by Gasteiger charge is 2.23. The number of para-hydroxylation sites is 1. The number of hydrogen-bond acceptors (Lipinski definition) is 3. The van der Waals surface area contributed by atoms with E-state index < -0.39 is 11.6 Å². The monoisotopic (exact) mass is 289 g/mol. The zero-order valence-corrected chi connectivity index (χ0v) is 11.9. The Hall–Kier alpha value is -2.17. The maximum atomic E-state index is 14.2. The van der Waals surface area contributed by atoms with Gasteiger partial charge in [-0.1, -0.05) is 18.2 Å². The first kappa shape index (κ1) is 13.8. The lowest BCUT2D eigenvalue weighted by atomic mass is 10.0. The summed E-state index contributed by atoms with van der Waals surface area (Å²) in [4.78, 5) is 5.98. The smallest absolute Gasteiger partial charge is 0.171 e. The first-order valence-electron chi connectivity index (χ1n) is 7.16. The Labute approximate surface area is 122 Å². The van der Waals surface area contributed by atoms with Gasteiger partial charge in [-0.05, 0) is 31.4 Å². The van der Waals surface area contributed by atoms with Gasteiger partial charge in [0.15, 0.2) is 23.3 Å². The molecule has 110 valence electrons. The molecule has 1 N–H and O–H groups in total. The molecular formula is C16H17F2N3. The minimum atomic E-state index is -0.664. The largest absolute Gasteiger partial charge is 0.368 e. The summed E-state index contributed by atoms with van der Waals surface area (Å²) in [5, 5.41) is 2.83. The van der Waals surface area contributed by atoms with Gasteiger partial charge < -0.3 is 10.2 Å². The lowest BCUT2D eigenvalue weighted by molar-refractivity contribution is 0.572. The normalized spacial score (nSPS) is 14.0. The number of fused-ring (bicyclic) bond motifs is 1. The Morgan fingerprint density at radius 2 is 2.05 bits per heavy atom. The van der Waals surface area contributed by atoms with Gasteiger partial charge in [0.1, 0.15) is 0 Å². The Morgan fingerprint density at radius 3 is 2.86 bits per heavy atom. The van der Waals surface area contributed by atoms with Crippen molar-refractivity contribution in [2.24, 2.45) is 0 Å². The highest BCUT2D eigenvalue weighted by molar-refractivity contribution is 5.67. The number of rotatable bonds is 3. The molecule has 0 aliphatic carbocycles. The van der Waals surface area contributed by atoms with E-state index in [0.29, 0.717) is 13.1 Å². The number of aromatic nitrogens is 1. The predicted molar refractivity (Wildman–Crippen MR) is 80.1 cm³/mol. The van der Waals surface area contributed by atoms with E-state index in [0.717, 1.165) is 24.6 Å². The second-order valence-electron chi connectivity index (χ2n) is 5.04. The highest BCUT2D eigenvalue weighted by Crippen LogP contribution is 2.34. The van der Waals surface area contributed by atoms with Gasteiger partial charge in [-0.2, -0.15) is 0 Å². The first-order chi connectivity index (χ1) is 10.2. The number of nitrogens with one attached hydrogen (secondary N) is 1. The third-order valence-corrected chi connectivity index (χ3v) is 3.62. The second kappa shape index (κ2) is 5.68. The van der Waals surface area contributed by atoms with Gasteiger partial charge in [-0.15, -0.1) is 0 Å². The molecule has 3 nitrogen and oxygen atoms in total. The lowest BCUT2D eigenvalue weighted by Gasteiger charge is -2.30. The molecule has 0 saturated heterocycles. The maximum absolute atomic E-state index is 14.2. The zero-order valence-electron chi connectivity index (χ0n) is 11.9. The van der Waals surface area contributed by atoms with Crippen LogP contribution in [0.25, 0.3) is 0 Å². The summed E-state index contributed by atoms with van der Waals surface area (Å²) in [6.07, 6.45) is 1.89. The van der Waals surface area contributed by atoms with Crippen LogP contribution in [0.4, 0.5) is 26.1 Å². The molecule has 2 aromatic rings. The van der Waals surface area contributed by atoms with E-state index in [1.54, 1.807) is 0 Å². The van der Waals surface area contributed by atoms with E-state index in [1.165, 1.54) is 5.56 Å². The molecule has 0 saturated carbocycles. The lowest BCUT2D eigenvalue weighted by Crippen LogP contribution is -2.26. The van der Waals surface area contributed by atoms with E-state index in [-0.39, 0.29) is 11.6 Å². The number of nitrogens with zero attached hydrogens (tertiary/aromatic N) is 2. The van der Waals surface area contributed by atoms with Gasteiger partial charge >= 0.3 is 0 Å². The Balaban J connectivity index is 2.07. The Bertz CT molecular complexity index is 658. The summed E-state index contributed by atoms with van der Waals surface area (Å²) >= 11 is 0. The molecule has 2 heterocycles.